The van der Waals surface area contributed by atoms with Crippen LogP contribution in [0.15, 0.2) is 258 Å². The van der Waals surface area contributed by atoms with E-state index in [1.807, 2.05) is 6.07 Å². The Morgan fingerprint density at radius 3 is 1.72 bits per heavy atom. The number of furan rings is 2. The molecule has 68 heavy (non-hydrogen) atoms. The quantitative estimate of drug-likeness (QED) is 0.160. The van der Waals surface area contributed by atoms with Gasteiger partial charge < -0.3 is 13.7 Å². The van der Waals surface area contributed by atoms with Gasteiger partial charge in [-0.15, -0.1) is 0 Å². The number of para-hydroxylation sites is 3. The zero-order chi connectivity index (χ0) is 44.8. The molecule has 1 aliphatic rings. The van der Waals surface area contributed by atoms with Crippen LogP contribution in [0.4, 0.5) is 17.1 Å². The van der Waals surface area contributed by atoms with Crippen molar-refractivity contribution in [2.24, 2.45) is 0 Å². The fourth-order valence-corrected chi connectivity index (χ4v) is 11.5. The minimum absolute atomic E-state index is 0.574. The van der Waals surface area contributed by atoms with Crippen LogP contribution >= 0.6 is 0 Å². The third kappa shape index (κ3) is 5.54. The second kappa shape index (κ2) is 15.1. The Balaban J connectivity index is 1.09. The summed E-state index contributed by atoms with van der Waals surface area (Å²) in [6.07, 6.45) is 0. The summed E-state index contributed by atoms with van der Waals surface area (Å²) in [5.41, 5.74) is 17.7. The first-order chi connectivity index (χ1) is 33.8. The van der Waals surface area contributed by atoms with Crippen LogP contribution in [0.25, 0.3) is 88.0 Å². The predicted molar refractivity (Wildman–Crippen MR) is 281 cm³/mol. The van der Waals surface area contributed by atoms with Crippen LogP contribution < -0.4 is 4.90 Å². The summed E-state index contributed by atoms with van der Waals surface area (Å²) < 4.78 is 14.0. The summed E-state index contributed by atoms with van der Waals surface area (Å²) in [5, 5.41) is 6.49. The number of hydrogen-bond acceptors (Lipinski definition) is 3. The van der Waals surface area contributed by atoms with E-state index in [-0.39, 0.29) is 0 Å². The van der Waals surface area contributed by atoms with Gasteiger partial charge in [0, 0.05) is 38.5 Å². The molecule has 3 nitrogen and oxygen atoms in total. The van der Waals surface area contributed by atoms with Crippen molar-refractivity contribution in [3.63, 3.8) is 0 Å². The number of benzene rings is 11. The largest absolute Gasteiger partial charge is 0.455 e. The maximum absolute atomic E-state index is 7.24. The van der Waals surface area contributed by atoms with E-state index in [0.29, 0.717) is 0 Å². The number of rotatable bonds is 7. The Hall–Kier alpha value is -8.92. The number of anilines is 3. The van der Waals surface area contributed by atoms with Crippen LogP contribution in [-0.2, 0) is 5.41 Å². The van der Waals surface area contributed by atoms with Gasteiger partial charge in [-0.05, 0) is 92.2 Å². The number of hydrogen-bond donors (Lipinski definition) is 0. The minimum Gasteiger partial charge on any atom is -0.455 e. The van der Waals surface area contributed by atoms with E-state index in [1.165, 1.54) is 33.4 Å². The number of fused-ring (bicyclic) bond motifs is 10. The van der Waals surface area contributed by atoms with Crippen molar-refractivity contribution in [2.75, 3.05) is 4.90 Å². The lowest BCUT2D eigenvalue weighted by Crippen LogP contribution is -2.28. The second-order valence-electron chi connectivity index (χ2n) is 17.9. The van der Waals surface area contributed by atoms with Crippen molar-refractivity contribution in [3.05, 3.63) is 271 Å². The van der Waals surface area contributed by atoms with Crippen molar-refractivity contribution in [2.45, 2.75) is 5.41 Å². The van der Waals surface area contributed by atoms with E-state index in [9.17, 15) is 0 Å². The van der Waals surface area contributed by atoms with Gasteiger partial charge in [-0.25, -0.2) is 0 Å². The van der Waals surface area contributed by atoms with E-state index in [2.05, 4.69) is 248 Å². The Bertz CT molecular complexity index is 4050. The first-order valence-corrected chi connectivity index (χ1v) is 23.3. The molecule has 2 aromatic heterocycles. The molecule has 0 fully saturated rings. The van der Waals surface area contributed by atoms with Gasteiger partial charge in [0.05, 0.1) is 22.2 Å². The maximum atomic E-state index is 7.24. The van der Waals surface area contributed by atoms with Gasteiger partial charge in [0.15, 0.2) is 0 Å². The third-order valence-corrected chi connectivity index (χ3v) is 14.3. The first kappa shape index (κ1) is 38.4. The van der Waals surface area contributed by atoms with Crippen LogP contribution in [0.2, 0.25) is 0 Å². The van der Waals surface area contributed by atoms with Gasteiger partial charge in [0.25, 0.3) is 0 Å². The van der Waals surface area contributed by atoms with E-state index in [1.54, 1.807) is 0 Å². The summed E-state index contributed by atoms with van der Waals surface area (Å²) in [6, 6.07) is 90.0. The molecule has 0 amide bonds. The molecule has 0 N–H and O–H groups in total. The first-order valence-electron chi connectivity index (χ1n) is 23.3. The average molecular weight is 868 g/mol. The SMILES string of the molecule is c1ccc(-c2ccccc2N(c2ccc3c(c2)C(c2ccccc2)(c2ccccc2)c2ccccc2-3)c2cccc3oc4c(-c5cccc6c5oc5ccccc56)c5ccccc5cc4c23)cc1. The highest BCUT2D eigenvalue weighted by Gasteiger charge is 2.46. The molecule has 0 saturated carbocycles. The molecule has 2 heterocycles. The van der Waals surface area contributed by atoms with E-state index in [0.717, 1.165) is 94.0 Å². The average Bonchev–Trinajstić information content (AvgIpc) is 4.08. The van der Waals surface area contributed by atoms with Crippen LogP contribution in [0, 0.1) is 0 Å². The highest BCUT2D eigenvalue weighted by molar-refractivity contribution is 6.24. The lowest BCUT2D eigenvalue weighted by molar-refractivity contribution is 0.665. The van der Waals surface area contributed by atoms with Crippen LogP contribution in [-0.4, -0.2) is 0 Å². The van der Waals surface area contributed by atoms with E-state index in [4.69, 9.17) is 8.83 Å². The zero-order valence-electron chi connectivity index (χ0n) is 36.9. The van der Waals surface area contributed by atoms with Gasteiger partial charge in [0.2, 0.25) is 0 Å². The molecular formula is C65H41NO2. The van der Waals surface area contributed by atoms with Crippen LogP contribution in [0.5, 0.6) is 0 Å². The van der Waals surface area contributed by atoms with Gasteiger partial charge in [-0.2, -0.15) is 0 Å². The molecule has 0 unspecified atom stereocenters. The molecule has 14 rings (SSSR count). The summed E-state index contributed by atoms with van der Waals surface area (Å²) in [6.45, 7) is 0. The lowest BCUT2D eigenvalue weighted by atomic mass is 9.67. The fraction of sp³-hybridized carbons (Fsp3) is 0.0154. The van der Waals surface area contributed by atoms with Crippen molar-refractivity contribution >= 4 is 71.7 Å². The molecule has 0 aliphatic heterocycles. The van der Waals surface area contributed by atoms with Crippen molar-refractivity contribution < 1.29 is 8.83 Å². The van der Waals surface area contributed by atoms with E-state index < -0.39 is 5.41 Å². The fourth-order valence-electron chi connectivity index (χ4n) is 11.5. The second-order valence-corrected chi connectivity index (χ2v) is 17.9. The van der Waals surface area contributed by atoms with Crippen LogP contribution in [0.3, 0.4) is 0 Å². The molecule has 0 radical (unpaired) electrons. The molecule has 318 valence electrons. The lowest BCUT2D eigenvalue weighted by Gasteiger charge is -2.35. The highest BCUT2D eigenvalue weighted by Crippen LogP contribution is 2.58. The molecule has 11 aromatic carbocycles. The molecule has 0 spiro atoms. The van der Waals surface area contributed by atoms with Crippen LogP contribution in [0.1, 0.15) is 22.3 Å². The van der Waals surface area contributed by atoms with Gasteiger partial charge >= 0.3 is 0 Å². The molecule has 0 saturated heterocycles. The maximum Gasteiger partial charge on any atom is 0.144 e. The molecule has 13 aromatic rings. The Kier molecular flexibility index (Phi) is 8.50. The molecule has 0 bridgehead atoms. The molecular weight excluding hydrogens is 827 g/mol. The summed E-state index contributed by atoms with van der Waals surface area (Å²) in [4.78, 5) is 2.47. The Morgan fingerprint density at radius 1 is 0.338 bits per heavy atom. The van der Waals surface area contributed by atoms with Crippen molar-refractivity contribution in [1.29, 1.82) is 0 Å². The third-order valence-electron chi connectivity index (χ3n) is 14.3. The zero-order valence-corrected chi connectivity index (χ0v) is 36.9. The standard InChI is InChI=1S/C65H41NO2/c1-4-20-42(21-5-1)47-27-13-16-34-57(47)66(46-38-39-50-49-29-12-15-33-55(49)65(56(50)41-46,44-23-6-2-7-24-44)45-25-8-3-9-26-45)58-35-19-37-60-62(58)54-40-43-22-10-11-28-48(43)61(64(54)68-60)53-32-18-31-52-51-30-14-17-36-59(51)67-63(52)53/h1-41H. The topological polar surface area (TPSA) is 29.5 Å². The van der Waals surface area contributed by atoms with Gasteiger partial charge in [-0.1, -0.05) is 206 Å². The van der Waals surface area contributed by atoms with E-state index >= 15 is 0 Å². The molecule has 3 heteroatoms. The highest BCUT2D eigenvalue weighted by atomic mass is 16.3. The minimum atomic E-state index is -0.574. The molecule has 1 aliphatic carbocycles. The Labute approximate surface area is 393 Å². The predicted octanol–water partition coefficient (Wildman–Crippen LogP) is 17.8. The number of nitrogens with zero attached hydrogens (tertiary/aromatic N) is 1. The summed E-state index contributed by atoms with van der Waals surface area (Å²) >= 11 is 0. The molecule has 0 atom stereocenters. The van der Waals surface area contributed by atoms with Gasteiger partial charge in [-0.3, -0.25) is 0 Å². The van der Waals surface area contributed by atoms with Gasteiger partial charge in [0.1, 0.15) is 22.3 Å². The normalized spacial score (nSPS) is 12.8. The van der Waals surface area contributed by atoms with Crippen molar-refractivity contribution in [1.82, 2.24) is 0 Å². The van der Waals surface area contributed by atoms with Crippen molar-refractivity contribution in [3.8, 4) is 33.4 Å². The summed E-state index contributed by atoms with van der Waals surface area (Å²) in [5.74, 6) is 0. The monoisotopic (exact) mass is 867 g/mol. The smallest absolute Gasteiger partial charge is 0.144 e. The Morgan fingerprint density at radius 2 is 0.912 bits per heavy atom. The summed E-state index contributed by atoms with van der Waals surface area (Å²) in [7, 11) is 0.